The maximum atomic E-state index is 12.6. The van der Waals surface area contributed by atoms with Gasteiger partial charge in [-0.05, 0) is 24.3 Å². The average Bonchev–Trinajstić information content (AvgIpc) is 2.70. The molecule has 1 amide bonds. The Morgan fingerprint density at radius 1 is 0.879 bits per heavy atom. The molecule has 33 heavy (non-hydrogen) atoms. The first-order chi connectivity index (χ1) is 15.5. The smallest absolute Gasteiger partial charge is 0.340 e. The highest BCUT2D eigenvalue weighted by Crippen LogP contribution is 2.28. The van der Waals surface area contributed by atoms with Gasteiger partial charge in [-0.3, -0.25) is 19.2 Å². The van der Waals surface area contributed by atoms with Gasteiger partial charge in [-0.15, -0.1) is 0 Å². The maximum Gasteiger partial charge on any atom is 0.340 e. The van der Waals surface area contributed by atoms with Crippen LogP contribution in [0, 0.1) is 0 Å². The summed E-state index contributed by atoms with van der Waals surface area (Å²) in [5.74, 6) is -3.72. The van der Waals surface area contributed by atoms with Crippen LogP contribution in [-0.2, 0) is 42.9 Å². The Labute approximate surface area is 189 Å². The van der Waals surface area contributed by atoms with Crippen LogP contribution in [0.5, 0.6) is 5.75 Å². The van der Waals surface area contributed by atoms with Gasteiger partial charge in [0.2, 0.25) is 12.2 Å². The Hall–Kier alpha value is -3.67. The number of phenols is 1. The van der Waals surface area contributed by atoms with E-state index in [1.54, 1.807) is 0 Å². The van der Waals surface area contributed by atoms with Crippen molar-refractivity contribution in [2.75, 3.05) is 6.61 Å². The van der Waals surface area contributed by atoms with Gasteiger partial charge >= 0.3 is 23.9 Å². The van der Waals surface area contributed by atoms with E-state index in [-0.39, 0.29) is 11.3 Å². The molecule has 1 aliphatic heterocycles. The first-order valence-electron chi connectivity index (χ1n) is 9.88. The molecule has 1 aromatic carbocycles. The van der Waals surface area contributed by atoms with Crippen LogP contribution in [0.2, 0.25) is 0 Å². The first kappa shape index (κ1) is 25.6. The molecule has 12 heteroatoms. The quantitative estimate of drug-likeness (QED) is 0.416. The SMILES string of the molecule is CC(=O)N[C@H]1[C@@H](OC(=O)c2ccc(O)cc2)O[C@@H](COC(C)=O)[C@@H](OC(C)=O)[C@@H]1OC(C)=O. The van der Waals surface area contributed by atoms with Crippen molar-refractivity contribution in [2.45, 2.75) is 58.3 Å². The van der Waals surface area contributed by atoms with Gasteiger partial charge in [-0.2, -0.15) is 0 Å². The lowest BCUT2D eigenvalue weighted by Gasteiger charge is -2.44. The largest absolute Gasteiger partial charge is 0.508 e. The third kappa shape index (κ3) is 7.45. The molecule has 1 fully saturated rings. The normalized spacial score (nSPS) is 24.2. The number of rotatable bonds is 7. The molecular formula is C21H25NO11. The highest BCUT2D eigenvalue weighted by atomic mass is 16.7. The fourth-order valence-electron chi connectivity index (χ4n) is 3.16. The van der Waals surface area contributed by atoms with Gasteiger partial charge in [0.1, 0.15) is 24.5 Å². The lowest BCUT2D eigenvalue weighted by molar-refractivity contribution is -0.263. The molecular weight excluding hydrogens is 442 g/mol. The predicted molar refractivity (Wildman–Crippen MR) is 108 cm³/mol. The predicted octanol–water partition coefficient (Wildman–Crippen LogP) is 0.205. The Morgan fingerprint density at radius 3 is 1.97 bits per heavy atom. The molecule has 0 unspecified atom stereocenters. The van der Waals surface area contributed by atoms with Crippen LogP contribution in [0.4, 0.5) is 0 Å². The van der Waals surface area contributed by atoms with E-state index in [0.717, 1.165) is 20.8 Å². The molecule has 0 radical (unpaired) electrons. The van der Waals surface area contributed by atoms with Crippen LogP contribution >= 0.6 is 0 Å². The monoisotopic (exact) mass is 467 g/mol. The summed E-state index contributed by atoms with van der Waals surface area (Å²) in [7, 11) is 0. The Kier molecular flexibility index (Phi) is 8.74. The van der Waals surface area contributed by atoms with Crippen LogP contribution in [0.3, 0.4) is 0 Å². The second kappa shape index (κ2) is 11.3. The minimum atomic E-state index is -1.52. The molecule has 1 heterocycles. The summed E-state index contributed by atoms with van der Waals surface area (Å²) >= 11 is 0. The lowest BCUT2D eigenvalue weighted by atomic mass is 9.96. The topological polar surface area (TPSA) is 164 Å². The first-order valence-corrected chi connectivity index (χ1v) is 9.88. The zero-order valence-corrected chi connectivity index (χ0v) is 18.4. The van der Waals surface area contributed by atoms with E-state index >= 15 is 0 Å². The Bertz CT molecular complexity index is 898. The van der Waals surface area contributed by atoms with Crippen molar-refractivity contribution in [1.29, 1.82) is 0 Å². The van der Waals surface area contributed by atoms with Crippen LogP contribution in [-0.4, -0.2) is 72.1 Å². The Morgan fingerprint density at radius 2 is 1.45 bits per heavy atom. The van der Waals surface area contributed by atoms with Crippen LogP contribution in [0.25, 0.3) is 0 Å². The lowest BCUT2D eigenvalue weighted by Crippen LogP contribution is -2.66. The molecule has 12 nitrogen and oxygen atoms in total. The number of aromatic hydroxyl groups is 1. The van der Waals surface area contributed by atoms with Crippen molar-refractivity contribution >= 4 is 29.8 Å². The van der Waals surface area contributed by atoms with Crippen molar-refractivity contribution < 1.29 is 52.8 Å². The van der Waals surface area contributed by atoms with E-state index in [2.05, 4.69) is 5.32 Å². The molecule has 0 aromatic heterocycles. The highest BCUT2D eigenvalue weighted by molar-refractivity contribution is 5.89. The number of hydrogen-bond donors (Lipinski definition) is 2. The molecule has 0 spiro atoms. The molecule has 1 aliphatic rings. The number of ether oxygens (including phenoxy) is 5. The van der Waals surface area contributed by atoms with Crippen molar-refractivity contribution in [2.24, 2.45) is 0 Å². The summed E-state index contributed by atoms with van der Waals surface area (Å²) in [5.41, 5.74) is 0.0562. The second-order valence-electron chi connectivity index (χ2n) is 7.17. The standard InChI is InChI=1S/C21H25NO11/c1-10(23)22-17-19(31-13(4)26)18(30-12(3)25)16(9-29-11(2)24)32-21(17)33-20(28)14-5-7-15(27)8-6-14/h5-8,16-19,21,27H,9H2,1-4H3,(H,22,23)/t16-,17+,18+,19+,21+/m0/s1. The number of carbonyl (C=O) groups excluding carboxylic acids is 5. The van der Waals surface area contributed by atoms with Gasteiger partial charge in [0.15, 0.2) is 12.2 Å². The van der Waals surface area contributed by atoms with E-state index < -0.39 is 67.0 Å². The number of benzene rings is 1. The van der Waals surface area contributed by atoms with E-state index in [1.165, 1.54) is 31.2 Å². The van der Waals surface area contributed by atoms with Gasteiger partial charge < -0.3 is 34.1 Å². The molecule has 0 saturated carbocycles. The highest BCUT2D eigenvalue weighted by Gasteiger charge is 2.52. The fraction of sp³-hybridized carbons (Fsp3) is 0.476. The zero-order chi connectivity index (χ0) is 24.7. The molecule has 0 aliphatic carbocycles. The summed E-state index contributed by atoms with van der Waals surface area (Å²) in [6, 6.07) is 3.87. The van der Waals surface area contributed by atoms with Crippen molar-refractivity contribution in [3.8, 4) is 5.75 Å². The van der Waals surface area contributed by atoms with E-state index in [1.807, 2.05) is 0 Å². The maximum absolute atomic E-state index is 12.6. The number of hydrogen-bond acceptors (Lipinski definition) is 11. The summed E-state index contributed by atoms with van der Waals surface area (Å²) in [5, 5.41) is 11.9. The number of amides is 1. The minimum absolute atomic E-state index is 0.0562. The van der Waals surface area contributed by atoms with E-state index in [4.69, 9.17) is 23.7 Å². The van der Waals surface area contributed by atoms with Crippen LogP contribution < -0.4 is 5.32 Å². The van der Waals surface area contributed by atoms with Gasteiger partial charge in [-0.1, -0.05) is 0 Å². The zero-order valence-electron chi connectivity index (χ0n) is 18.4. The fourth-order valence-corrected chi connectivity index (χ4v) is 3.16. The molecule has 2 rings (SSSR count). The molecule has 5 atom stereocenters. The minimum Gasteiger partial charge on any atom is -0.508 e. The van der Waals surface area contributed by atoms with Gasteiger partial charge in [0, 0.05) is 27.7 Å². The summed E-state index contributed by atoms with van der Waals surface area (Å²) in [6.45, 7) is 4.11. The Balaban J connectivity index is 2.42. The third-order valence-electron chi connectivity index (χ3n) is 4.40. The third-order valence-corrected chi connectivity index (χ3v) is 4.40. The second-order valence-corrected chi connectivity index (χ2v) is 7.17. The van der Waals surface area contributed by atoms with Gasteiger partial charge in [0.05, 0.1) is 5.56 Å². The number of carbonyl (C=O) groups is 5. The summed E-state index contributed by atoms with van der Waals surface area (Å²) in [4.78, 5) is 59.3. The van der Waals surface area contributed by atoms with Crippen molar-refractivity contribution in [3.05, 3.63) is 29.8 Å². The number of phenolic OH excluding ortho intramolecular Hbond substituents is 1. The summed E-state index contributed by atoms with van der Waals surface area (Å²) in [6.07, 6.45) is -5.37. The van der Waals surface area contributed by atoms with Crippen LogP contribution in [0.1, 0.15) is 38.1 Å². The van der Waals surface area contributed by atoms with Crippen LogP contribution in [0.15, 0.2) is 24.3 Å². The molecule has 1 saturated heterocycles. The van der Waals surface area contributed by atoms with Crippen molar-refractivity contribution in [3.63, 3.8) is 0 Å². The molecule has 1 aromatic rings. The number of esters is 4. The van der Waals surface area contributed by atoms with Crippen molar-refractivity contribution in [1.82, 2.24) is 5.32 Å². The molecule has 180 valence electrons. The van der Waals surface area contributed by atoms with Gasteiger partial charge in [0.25, 0.3) is 0 Å². The number of nitrogens with one attached hydrogen (secondary N) is 1. The average molecular weight is 467 g/mol. The van der Waals surface area contributed by atoms with E-state index in [9.17, 15) is 29.1 Å². The van der Waals surface area contributed by atoms with Gasteiger partial charge in [-0.25, -0.2) is 4.79 Å². The van der Waals surface area contributed by atoms with E-state index in [0.29, 0.717) is 0 Å². The molecule has 0 bridgehead atoms. The summed E-state index contributed by atoms with van der Waals surface area (Å²) < 4.78 is 26.7. The molecule has 2 N–H and O–H groups in total.